The Kier molecular flexibility index (Phi) is 12.3. The summed E-state index contributed by atoms with van der Waals surface area (Å²) in [5.41, 5.74) is 12.3. The van der Waals surface area contributed by atoms with Gasteiger partial charge >= 0.3 is 36.1 Å². The van der Waals surface area contributed by atoms with E-state index < -0.39 is 36.1 Å². The zero-order valence-corrected chi connectivity index (χ0v) is 29.2. The number of halogens is 2. The first kappa shape index (κ1) is 38.1. The lowest BCUT2D eigenvalue weighted by atomic mass is 9.90. The van der Waals surface area contributed by atoms with Crippen molar-refractivity contribution in [2.24, 2.45) is 11.5 Å². The number of rotatable bonds is 2. The maximum atomic E-state index is 11.7. The van der Waals surface area contributed by atoms with Crippen LogP contribution in [0.5, 0.6) is 0 Å². The van der Waals surface area contributed by atoms with Gasteiger partial charge in [0.15, 0.2) is 0 Å². The standard InChI is InChI=1S/C20H12.C16H11Cl2N3O6.C2H5N3O2/c1-5-13-6-2-11-17-18-12-4-8-14-7-3-10-16(20(14)18)15(9-1)19(13)17;17-11-7-3-1-5-9(11)13(22)26-20-15(24)19-16(25)21-27-14(23)10-6-2-4-8-12(10)18;3-1(6)5-2(4)7/h1-12H;1-8H,(H3,19,20,21,24,25);(H5,3,4,5,6,7). The molecule has 0 atom stereocenters. The molecule has 0 aliphatic heterocycles. The predicted molar refractivity (Wildman–Crippen MR) is 204 cm³/mol. The van der Waals surface area contributed by atoms with Crippen LogP contribution in [0.15, 0.2) is 121 Å². The van der Waals surface area contributed by atoms with Crippen molar-refractivity contribution in [3.8, 4) is 0 Å². The number of nitrogens with one attached hydrogen (secondary N) is 4. The van der Waals surface area contributed by atoms with E-state index in [0.717, 1.165) is 0 Å². The lowest BCUT2D eigenvalue weighted by Crippen LogP contribution is -2.45. The summed E-state index contributed by atoms with van der Waals surface area (Å²) in [6, 6.07) is 34.2. The Balaban J connectivity index is 0.000000181. The van der Waals surface area contributed by atoms with Gasteiger partial charge in [-0.25, -0.2) is 28.8 Å². The SMILES string of the molecule is NC(=O)NC(N)=O.O=C(NOC(=O)c1ccccc1Cl)NC(=O)NOC(=O)c1ccccc1Cl.c1cc2cccc3c4cccc5cccc(c(c1)c23)c54. The third kappa shape index (κ3) is 9.19. The van der Waals surface area contributed by atoms with Crippen LogP contribution in [0.2, 0.25) is 10.0 Å². The second kappa shape index (κ2) is 17.4. The summed E-state index contributed by atoms with van der Waals surface area (Å²) in [6.45, 7) is 0. The predicted octanol–water partition coefficient (Wildman–Crippen LogP) is 7.32. The Morgan fingerprint density at radius 2 is 0.778 bits per heavy atom. The number of primary amides is 2. The zero-order valence-electron chi connectivity index (χ0n) is 27.7. The number of urea groups is 4. The molecule has 8 N–H and O–H groups in total. The van der Waals surface area contributed by atoms with E-state index in [4.69, 9.17) is 23.2 Å². The number of fused-ring (bicyclic) bond motifs is 2. The number of benzene rings is 7. The van der Waals surface area contributed by atoms with Crippen molar-refractivity contribution in [2.75, 3.05) is 0 Å². The van der Waals surface area contributed by atoms with Gasteiger partial charge in [0.2, 0.25) is 0 Å². The van der Waals surface area contributed by atoms with E-state index in [1.807, 2.05) is 0 Å². The van der Waals surface area contributed by atoms with Gasteiger partial charge in [-0.3, -0.25) is 10.6 Å². The third-order valence-electron chi connectivity index (χ3n) is 7.52. The topological polar surface area (TPSA) is 221 Å². The second-order valence-corrected chi connectivity index (χ2v) is 11.8. The third-order valence-corrected chi connectivity index (χ3v) is 8.18. The van der Waals surface area contributed by atoms with E-state index in [0.29, 0.717) is 0 Å². The minimum absolute atomic E-state index is 0.0117. The van der Waals surface area contributed by atoms with Gasteiger partial charge in [-0.2, -0.15) is 11.0 Å². The van der Waals surface area contributed by atoms with E-state index in [9.17, 15) is 28.8 Å². The van der Waals surface area contributed by atoms with Gasteiger partial charge in [0.1, 0.15) is 0 Å². The molecule has 272 valence electrons. The van der Waals surface area contributed by atoms with Crippen molar-refractivity contribution in [3.63, 3.8) is 0 Å². The van der Waals surface area contributed by atoms with Gasteiger partial charge in [-0.05, 0) is 67.4 Å². The van der Waals surface area contributed by atoms with Crippen molar-refractivity contribution < 1.29 is 38.4 Å². The molecule has 0 aliphatic rings. The average molecular weight is 768 g/mol. The average Bonchev–Trinajstić information content (AvgIpc) is 3.15. The molecule has 16 heteroatoms. The molecule has 54 heavy (non-hydrogen) atoms. The lowest BCUT2D eigenvalue weighted by Gasteiger charge is -2.13. The molecule has 0 radical (unpaired) electrons. The second-order valence-electron chi connectivity index (χ2n) is 11.0. The number of imide groups is 2. The Morgan fingerprint density at radius 1 is 0.444 bits per heavy atom. The summed E-state index contributed by atoms with van der Waals surface area (Å²) in [7, 11) is 0. The summed E-state index contributed by atoms with van der Waals surface area (Å²) >= 11 is 11.6. The molecule has 0 bridgehead atoms. The van der Waals surface area contributed by atoms with Gasteiger partial charge in [0.25, 0.3) is 0 Å². The van der Waals surface area contributed by atoms with Crippen LogP contribution in [-0.4, -0.2) is 36.1 Å². The normalized spacial score (nSPS) is 10.3. The lowest BCUT2D eigenvalue weighted by molar-refractivity contribution is 0.0304. The number of amides is 8. The van der Waals surface area contributed by atoms with Crippen molar-refractivity contribution >= 4 is 102 Å². The summed E-state index contributed by atoms with van der Waals surface area (Å²) in [5.74, 6) is -1.89. The molecule has 7 aromatic carbocycles. The molecule has 0 aromatic heterocycles. The molecule has 0 heterocycles. The number of hydroxylamine groups is 2. The van der Waals surface area contributed by atoms with Crippen molar-refractivity contribution in [2.45, 2.75) is 0 Å². The van der Waals surface area contributed by atoms with Crippen LogP contribution in [-0.2, 0) is 9.68 Å². The highest BCUT2D eigenvalue weighted by molar-refractivity contribution is 6.34. The van der Waals surface area contributed by atoms with Gasteiger partial charge < -0.3 is 21.1 Å². The molecule has 0 spiro atoms. The maximum Gasteiger partial charge on any atom is 0.364 e. The van der Waals surface area contributed by atoms with Gasteiger partial charge in [-0.15, -0.1) is 0 Å². The van der Waals surface area contributed by atoms with Crippen molar-refractivity contribution in [1.29, 1.82) is 0 Å². The Hall–Kier alpha value is -7.16. The van der Waals surface area contributed by atoms with Crippen LogP contribution in [0, 0.1) is 0 Å². The highest BCUT2D eigenvalue weighted by Gasteiger charge is 2.17. The molecule has 14 nitrogen and oxygen atoms in total. The van der Waals surface area contributed by atoms with Gasteiger partial charge in [-0.1, -0.05) is 120 Å². The first-order valence-corrected chi connectivity index (χ1v) is 16.4. The van der Waals surface area contributed by atoms with Gasteiger partial charge in [0, 0.05) is 0 Å². The summed E-state index contributed by atoms with van der Waals surface area (Å²) in [5, 5.41) is 14.4. The van der Waals surface area contributed by atoms with Crippen LogP contribution in [0.4, 0.5) is 19.2 Å². The fourth-order valence-electron chi connectivity index (χ4n) is 5.40. The highest BCUT2D eigenvalue weighted by atomic mass is 35.5. The molecule has 0 saturated carbocycles. The van der Waals surface area contributed by atoms with E-state index in [1.165, 1.54) is 67.4 Å². The monoisotopic (exact) mass is 766 g/mol. The first-order chi connectivity index (χ1) is 25.9. The Labute approximate surface area is 315 Å². The molecule has 0 aliphatic carbocycles. The number of hydrogen-bond acceptors (Lipinski definition) is 8. The van der Waals surface area contributed by atoms with Crippen molar-refractivity contribution in [1.82, 2.24) is 21.6 Å². The van der Waals surface area contributed by atoms with Crippen LogP contribution in [0.3, 0.4) is 0 Å². The molecule has 7 rings (SSSR count). The largest absolute Gasteiger partial charge is 0.364 e. The zero-order chi connectivity index (χ0) is 38.8. The van der Waals surface area contributed by atoms with Crippen molar-refractivity contribution in [3.05, 3.63) is 142 Å². The molecule has 0 saturated heterocycles. The summed E-state index contributed by atoms with van der Waals surface area (Å²) in [4.78, 5) is 74.7. The fraction of sp³-hybridized carbons (Fsp3) is 0. The number of carbonyl (C=O) groups is 6. The highest BCUT2D eigenvalue weighted by Crippen LogP contribution is 2.39. The van der Waals surface area contributed by atoms with Crippen LogP contribution < -0.4 is 33.1 Å². The summed E-state index contributed by atoms with van der Waals surface area (Å²) < 4.78 is 0. The molecule has 8 amide bonds. The van der Waals surface area contributed by atoms with E-state index in [-0.39, 0.29) is 21.2 Å². The van der Waals surface area contributed by atoms with Crippen LogP contribution >= 0.6 is 23.2 Å². The van der Waals surface area contributed by atoms with E-state index in [2.05, 4.69) is 93.9 Å². The summed E-state index contributed by atoms with van der Waals surface area (Å²) in [6.07, 6.45) is 0. The molecule has 0 fully saturated rings. The van der Waals surface area contributed by atoms with E-state index >= 15 is 0 Å². The molecular weight excluding hydrogens is 739 g/mol. The quantitative estimate of drug-likeness (QED) is 0.0593. The Morgan fingerprint density at radius 3 is 1.07 bits per heavy atom. The number of carbonyl (C=O) groups excluding carboxylic acids is 6. The number of nitrogens with two attached hydrogens (primary N) is 2. The maximum absolute atomic E-state index is 11.7. The Bertz CT molecular complexity index is 2300. The minimum Gasteiger partial charge on any atom is -0.351 e. The first-order valence-electron chi connectivity index (χ1n) is 15.6. The number of hydrogen-bond donors (Lipinski definition) is 6. The molecule has 0 unspecified atom stereocenters. The fourth-order valence-corrected chi connectivity index (χ4v) is 5.83. The van der Waals surface area contributed by atoms with Crippen LogP contribution in [0.1, 0.15) is 20.7 Å². The van der Waals surface area contributed by atoms with Gasteiger partial charge in [0.05, 0.1) is 21.2 Å². The van der Waals surface area contributed by atoms with E-state index in [1.54, 1.807) is 45.9 Å². The molecular formula is C38H28Cl2N6O8. The smallest absolute Gasteiger partial charge is 0.351 e. The van der Waals surface area contributed by atoms with Crippen LogP contribution in [0.25, 0.3) is 43.1 Å². The molecule has 7 aromatic rings. The minimum atomic E-state index is -1.19.